The van der Waals surface area contributed by atoms with Crippen LogP contribution in [-0.4, -0.2) is 30.8 Å². The van der Waals surface area contributed by atoms with E-state index in [0.717, 1.165) is 41.8 Å². The summed E-state index contributed by atoms with van der Waals surface area (Å²) >= 11 is 0. The molecule has 0 unspecified atom stereocenters. The molecule has 0 aliphatic heterocycles. The summed E-state index contributed by atoms with van der Waals surface area (Å²) < 4.78 is 5.44. The fourth-order valence-corrected chi connectivity index (χ4v) is 4.16. The molecule has 1 aliphatic rings. The first-order valence-electron chi connectivity index (χ1n) is 11.4. The van der Waals surface area contributed by atoms with Crippen molar-refractivity contribution in [3.05, 3.63) is 83.8 Å². The van der Waals surface area contributed by atoms with Crippen LogP contribution in [0.2, 0.25) is 0 Å². The predicted octanol–water partition coefficient (Wildman–Crippen LogP) is 5.49. The van der Waals surface area contributed by atoms with Gasteiger partial charge in [0, 0.05) is 37.9 Å². The zero-order chi connectivity index (χ0) is 23.4. The van der Waals surface area contributed by atoms with Crippen molar-refractivity contribution < 1.29 is 14.0 Å². The van der Waals surface area contributed by atoms with E-state index in [0.29, 0.717) is 12.3 Å². The van der Waals surface area contributed by atoms with Crippen LogP contribution in [0.4, 0.5) is 11.4 Å². The summed E-state index contributed by atoms with van der Waals surface area (Å²) in [6.07, 6.45) is 4.54. The SMILES string of the molecule is C[C@H](c1ccccc1)N(Cc1cc(NC(=O)C2CCC2)ccc1N(C)C)C(=O)c1ccco1. The molecule has 2 aromatic carbocycles. The van der Waals surface area contributed by atoms with Crippen LogP contribution in [0.5, 0.6) is 0 Å². The largest absolute Gasteiger partial charge is 0.459 e. The molecule has 3 aromatic rings. The van der Waals surface area contributed by atoms with Crippen LogP contribution in [0.1, 0.15) is 53.9 Å². The van der Waals surface area contributed by atoms with Crippen molar-refractivity contribution >= 4 is 23.2 Å². The number of nitrogens with zero attached hydrogens (tertiary/aromatic N) is 2. The molecule has 1 heterocycles. The van der Waals surface area contributed by atoms with Crippen molar-refractivity contribution in [1.82, 2.24) is 4.90 Å². The molecule has 33 heavy (non-hydrogen) atoms. The molecule has 1 aliphatic carbocycles. The van der Waals surface area contributed by atoms with E-state index in [1.807, 2.05) is 79.3 Å². The van der Waals surface area contributed by atoms with Gasteiger partial charge in [-0.05, 0) is 61.2 Å². The summed E-state index contributed by atoms with van der Waals surface area (Å²) in [6.45, 7) is 2.39. The lowest BCUT2D eigenvalue weighted by atomic mass is 9.85. The topological polar surface area (TPSA) is 65.8 Å². The van der Waals surface area contributed by atoms with E-state index >= 15 is 0 Å². The average molecular weight is 446 g/mol. The van der Waals surface area contributed by atoms with E-state index in [2.05, 4.69) is 5.32 Å². The zero-order valence-electron chi connectivity index (χ0n) is 19.5. The molecule has 1 atom stereocenters. The van der Waals surface area contributed by atoms with Gasteiger partial charge in [0.05, 0.1) is 12.3 Å². The van der Waals surface area contributed by atoms with Gasteiger partial charge >= 0.3 is 0 Å². The van der Waals surface area contributed by atoms with Gasteiger partial charge in [-0.3, -0.25) is 9.59 Å². The van der Waals surface area contributed by atoms with E-state index < -0.39 is 0 Å². The number of hydrogen-bond donors (Lipinski definition) is 1. The Morgan fingerprint density at radius 3 is 2.42 bits per heavy atom. The Kier molecular flexibility index (Phi) is 6.82. The van der Waals surface area contributed by atoms with Gasteiger partial charge in [-0.1, -0.05) is 36.8 Å². The van der Waals surface area contributed by atoms with E-state index in [-0.39, 0.29) is 23.8 Å². The first kappa shape index (κ1) is 22.6. The molecular formula is C27H31N3O3. The highest BCUT2D eigenvalue weighted by molar-refractivity contribution is 5.94. The standard InChI is InChI=1S/C27H31N3O3/c1-19(20-9-5-4-6-10-20)30(27(32)25-13-8-16-33-25)18-22-17-23(14-15-24(22)29(2)3)28-26(31)21-11-7-12-21/h4-6,8-10,13-17,19,21H,7,11-12,18H2,1-3H3,(H,28,31)/t19-/m1/s1. The minimum absolute atomic E-state index is 0.0750. The van der Waals surface area contributed by atoms with Crippen LogP contribution < -0.4 is 10.2 Å². The number of anilines is 2. The second-order valence-electron chi connectivity index (χ2n) is 8.85. The van der Waals surface area contributed by atoms with E-state index in [1.165, 1.54) is 6.26 Å². The highest BCUT2D eigenvalue weighted by Crippen LogP contribution is 2.31. The first-order valence-corrected chi connectivity index (χ1v) is 11.4. The molecule has 1 saturated carbocycles. The summed E-state index contributed by atoms with van der Waals surface area (Å²) in [6, 6.07) is 19.1. The smallest absolute Gasteiger partial charge is 0.290 e. The van der Waals surface area contributed by atoms with Crippen molar-refractivity contribution in [3.8, 4) is 0 Å². The minimum Gasteiger partial charge on any atom is -0.459 e. The average Bonchev–Trinajstić information content (AvgIpc) is 3.31. The lowest BCUT2D eigenvalue weighted by Gasteiger charge is -2.31. The van der Waals surface area contributed by atoms with Gasteiger partial charge in [0.1, 0.15) is 0 Å². The summed E-state index contributed by atoms with van der Waals surface area (Å²) in [4.78, 5) is 29.8. The van der Waals surface area contributed by atoms with Crippen molar-refractivity contribution in [2.75, 3.05) is 24.3 Å². The number of amides is 2. The first-order chi connectivity index (χ1) is 15.9. The molecule has 0 spiro atoms. The lowest BCUT2D eigenvalue weighted by molar-refractivity contribution is -0.122. The fraction of sp³-hybridized carbons (Fsp3) is 0.333. The van der Waals surface area contributed by atoms with Crippen LogP contribution in [0.15, 0.2) is 71.3 Å². The quantitative estimate of drug-likeness (QED) is 0.498. The fourth-order valence-electron chi connectivity index (χ4n) is 4.16. The van der Waals surface area contributed by atoms with Gasteiger partial charge < -0.3 is 19.5 Å². The maximum Gasteiger partial charge on any atom is 0.290 e. The molecule has 6 nitrogen and oxygen atoms in total. The molecule has 4 rings (SSSR count). The number of benzene rings is 2. The predicted molar refractivity (Wildman–Crippen MR) is 130 cm³/mol. The molecule has 0 radical (unpaired) electrons. The van der Waals surface area contributed by atoms with E-state index in [4.69, 9.17) is 4.42 Å². The number of nitrogens with one attached hydrogen (secondary N) is 1. The van der Waals surface area contributed by atoms with Crippen molar-refractivity contribution in [2.24, 2.45) is 5.92 Å². The molecule has 2 amide bonds. The minimum atomic E-state index is -0.176. The molecule has 0 saturated heterocycles. The second-order valence-corrected chi connectivity index (χ2v) is 8.85. The van der Waals surface area contributed by atoms with Gasteiger partial charge in [0.25, 0.3) is 5.91 Å². The Morgan fingerprint density at radius 2 is 1.82 bits per heavy atom. The number of hydrogen-bond acceptors (Lipinski definition) is 4. The molecule has 6 heteroatoms. The third-order valence-electron chi connectivity index (χ3n) is 6.39. The van der Waals surface area contributed by atoms with Crippen LogP contribution >= 0.6 is 0 Å². The summed E-state index contributed by atoms with van der Waals surface area (Å²) in [5.41, 5.74) is 3.74. The normalized spacial score (nSPS) is 14.3. The van der Waals surface area contributed by atoms with Gasteiger partial charge in [-0.2, -0.15) is 0 Å². The summed E-state index contributed by atoms with van der Waals surface area (Å²) in [5, 5.41) is 3.06. The Balaban J connectivity index is 1.66. The van der Waals surface area contributed by atoms with Crippen LogP contribution in [0, 0.1) is 5.92 Å². The third kappa shape index (κ3) is 5.11. The summed E-state index contributed by atoms with van der Waals surface area (Å²) in [7, 11) is 3.95. The monoisotopic (exact) mass is 445 g/mol. The molecular weight excluding hydrogens is 414 g/mol. The number of carbonyl (C=O) groups excluding carboxylic acids is 2. The summed E-state index contributed by atoms with van der Waals surface area (Å²) in [5.74, 6) is 0.312. The highest BCUT2D eigenvalue weighted by Gasteiger charge is 2.27. The van der Waals surface area contributed by atoms with Crippen LogP contribution in [0.3, 0.4) is 0 Å². The maximum absolute atomic E-state index is 13.5. The number of furan rings is 1. The van der Waals surface area contributed by atoms with Gasteiger partial charge in [0.2, 0.25) is 5.91 Å². The molecule has 172 valence electrons. The second kappa shape index (κ2) is 9.94. The van der Waals surface area contributed by atoms with Crippen LogP contribution in [0.25, 0.3) is 0 Å². The van der Waals surface area contributed by atoms with Crippen molar-refractivity contribution in [1.29, 1.82) is 0 Å². The lowest BCUT2D eigenvalue weighted by Crippen LogP contribution is -2.33. The number of rotatable bonds is 8. The van der Waals surface area contributed by atoms with E-state index in [1.54, 1.807) is 12.1 Å². The molecule has 1 aromatic heterocycles. The number of carbonyl (C=O) groups is 2. The highest BCUT2D eigenvalue weighted by atomic mass is 16.3. The van der Waals surface area contributed by atoms with Gasteiger partial charge in [0.15, 0.2) is 5.76 Å². The zero-order valence-corrected chi connectivity index (χ0v) is 19.5. The van der Waals surface area contributed by atoms with Gasteiger partial charge in [-0.15, -0.1) is 0 Å². The van der Waals surface area contributed by atoms with Gasteiger partial charge in [-0.25, -0.2) is 0 Å². The van der Waals surface area contributed by atoms with E-state index in [9.17, 15) is 9.59 Å². The van der Waals surface area contributed by atoms with Crippen molar-refractivity contribution in [2.45, 2.75) is 38.8 Å². The Hall–Kier alpha value is -3.54. The Morgan fingerprint density at radius 1 is 1.06 bits per heavy atom. The Labute approximate surface area is 195 Å². The molecule has 1 fully saturated rings. The Bertz CT molecular complexity index is 1090. The van der Waals surface area contributed by atoms with Crippen LogP contribution in [-0.2, 0) is 11.3 Å². The maximum atomic E-state index is 13.5. The third-order valence-corrected chi connectivity index (χ3v) is 6.39. The van der Waals surface area contributed by atoms with Crippen molar-refractivity contribution in [3.63, 3.8) is 0 Å². The molecule has 1 N–H and O–H groups in total. The molecule has 0 bridgehead atoms.